The molecule has 0 saturated heterocycles. The fraction of sp³-hybridized carbons (Fsp3) is 0.462. The van der Waals surface area contributed by atoms with Crippen molar-refractivity contribution in [2.24, 2.45) is 7.05 Å². The first-order chi connectivity index (χ1) is 9.92. The van der Waals surface area contributed by atoms with Gasteiger partial charge in [-0.25, -0.2) is 13.5 Å². The van der Waals surface area contributed by atoms with Gasteiger partial charge in [-0.2, -0.15) is 10.2 Å². The van der Waals surface area contributed by atoms with Crippen LogP contribution in [-0.2, 0) is 13.6 Å². The summed E-state index contributed by atoms with van der Waals surface area (Å²) in [5.74, 6) is 0.0494. The third-order valence-corrected chi connectivity index (χ3v) is 2.93. The number of aryl methyl sites for hydroxylation is 3. The summed E-state index contributed by atoms with van der Waals surface area (Å²) in [6, 6.07) is 2.82. The molecular weight excluding hydrogens is 280 g/mol. The lowest BCUT2D eigenvalue weighted by molar-refractivity contribution is 0.101. The standard InChI is InChI=1S/C13H17F2N5O/c1-4-5-20-11(6-8(2)17-20)16-13(21)10-7-9(12(14)15)18-19(10)3/h6-7,12H,4-5H2,1-3H3,(H,16,21). The van der Waals surface area contributed by atoms with Crippen LogP contribution < -0.4 is 5.32 Å². The van der Waals surface area contributed by atoms with Crippen molar-refractivity contribution in [3.8, 4) is 0 Å². The molecule has 2 aromatic rings. The number of hydrogen-bond acceptors (Lipinski definition) is 3. The first-order valence-corrected chi connectivity index (χ1v) is 6.60. The number of nitrogens with zero attached hydrogens (tertiary/aromatic N) is 4. The summed E-state index contributed by atoms with van der Waals surface area (Å²) in [6.07, 6.45) is -1.84. The Morgan fingerprint density at radius 3 is 2.67 bits per heavy atom. The maximum atomic E-state index is 12.6. The van der Waals surface area contributed by atoms with E-state index in [2.05, 4.69) is 15.5 Å². The van der Waals surface area contributed by atoms with Crippen LogP contribution >= 0.6 is 0 Å². The van der Waals surface area contributed by atoms with Crippen molar-refractivity contribution < 1.29 is 13.6 Å². The maximum absolute atomic E-state index is 12.6. The number of rotatable bonds is 5. The van der Waals surface area contributed by atoms with E-state index in [1.54, 1.807) is 10.7 Å². The summed E-state index contributed by atoms with van der Waals surface area (Å²) in [6.45, 7) is 4.48. The number of carbonyl (C=O) groups excluding carboxylic acids is 1. The Hall–Kier alpha value is -2.25. The van der Waals surface area contributed by atoms with Gasteiger partial charge in [-0.1, -0.05) is 6.92 Å². The fourth-order valence-corrected chi connectivity index (χ4v) is 2.02. The number of amides is 1. The number of alkyl halides is 2. The molecule has 0 unspecified atom stereocenters. The Labute approximate surface area is 120 Å². The molecule has 6 nitrogen and oxygen atoms in total. The Bertz CT molecular complexity index is 647. The molecule has 2 rings (SSSR count). The molecule has 0 saturated carbocycles. The third kappa shape index (κ3) is 3.26. The van der Waals surface area contributed by atoms with Gasteiger partial charge in [0.05, 0.1) is 5.69 Å². The highest BCUT2D eigenvalue weighted by Gasteiger charge is 2.19. The second-order valence-corrected chi connectivity index (χ2v) is 4.73. The van der Waals surface area contributed by atoms with Crippen LogP contribution in [0.4, 0.5) is 14.6 Å². The maximum Gasteiger partial charge on any atom is 0.282 e. The largest absolute Gasteiger partial charge is 0.305 e. The molecule has 0 bridgehead atoms. The zero-order valence-corrected chi connectivity index (χ0v) is 12.1. The van der Waals surface area contributed by atoms with E-state index in [1.165, 1.54) is 7.05 Å². The van der Waals surface area contributed by atoms with Gasteiger partial charge in [0.15, 0.2) is 0 Å². The van der Waals surface area contributed by atoms with E-state index in [0.29, 0.717) is 12.4 Å². The van der Waals surface area contributed by atoms with Crippen molar-refractivity contribution in [2.75, 3.05) is 5.32 Å². The zero-order valence-electron chi connectivity index (χ0n) is 12.1. The lowest BCUT2D eigenvalue weighted by Gasteiger charge is -2.07. The first-order valence-electron chi connectivity index (χ1n) is 6.60. The van der Waals surface area contributed by atoms with Gasteiger partial charge in [-0.3, -0.25) is 9.48 Å². The third-order valence-electron chi connectivity index (χ3n) is 2.93. The van der Waals surface area contributed by atoms with Crippen LogP contribution in [0.1, 0.15) is 41.6 Å². The van der Waals surface area contributed by atoms with Gasteiger partial charge >= 0.3 is 0 Å². The van der Waals surface area contributed by atoms with Crippen LogP contribution in [0, 0.1) is 6.92 Å². The smallest absolute Gasteiger partial charge is 0.282 e. The highest BCUT2D eigenvalue weighted by molar-refractivity contribution is 6.02. The van der Waals surface area contributed by atoms with Gasteiger partial charge in [0, 0.05) is 19.7 Å². The van der Waals surface area contributed by atoms with Crippen LogP contribution in [0.2, 0.25) is 0 Å². The van der Waals surface area contributed by atoms with Crippen molar-refractivity contribution in [3.05, 3.63) is 29.2 Å². The number of anilines is 1. The van der Waals surface area contributed by atoms with Crippen LogP contribution in [0.3, 0.4) is 0 Å². The average molecular weight is 297 g/mol. The van der Waals surface area contributed by atoms with E-state index in [1.807, 2.05) is 13.8 Å². The van der Waals surface area contributed by atoms with Crippen LogP contribution in [-0.4, -0.2) is 25.5 Å². The van der Waals surface area contributed by atoms with E-state index in [-0.39, 0.29) is 5.69 Å². The monoisotopic (exact) mass is 297 g/mol. The number of aromatic nitrogens is 4. The predicted octanol–water partition coefficient (Wildman–Crippen LogP) is 2.52. The SMILES string of the molecule is CCCn1nc(C)cc1NC(=O)c1cc(C(F)F)nn1C. The molecule has 1 N–H and O–H groups in total. The molecular formula is C13H17F2N5O. The van der Waals surface area contributed by atoms with E-state index in [0.717, 1.165) is 22.9 Å². The first kappa shape index (κ1) is 15.1. The topological polar surface area (TPSA) is 64.7 Å². The molecule has 0 aliphatic heterocycles. The minimum Gasteiger partial charge on any atom is -0.305 e. The van der Waals surface area contributed by atoms with Gasteiger partial charge in [0.1, 0.15) is 17.2 Å². The molecule has 0 spiro atoms. The molecule has 0 atom stereocenters. The second-order valence-electron chi connectivity index (χ2n) is 4.73. The zero-order chi connectivity index (χ0) is 15.6. The summed E-state index contributed by atoms with van der Waals surface area (Å²) in [5, 5.41) is 10.6. The fourth-order valence-electron chi connectivity index (χ4n) is 2.02. The molecule has 21 heavy (non-hydrogen) atoms. The molecule has 2 aromatic heterocycles. The number of carbonyl (C=O) groups is 1. The summed E-state index contributed by atoms with van der Waals surface area (Å²) in [7, 11) is 1.45. The molecule has 0 radical (unpaired) electrons. The Morgan fingerprint density at radius 2 is 2.10 bits per heavy atom. The molecule has 0 aliphatic rings. The van der Waals surface area contributed by atoms with E-state index in [9.17, 15) is 13.6 Å². The molecule has 0 aliphatic carbocycles. The number of halogens is 2. The lowest BCUT2D eigenvalue weighted by Crippen LogP contribution is -2.18. The number of hydrogen-bond donors (Lipinski definition) is 1. The predicted molar refractivity (Wildman–Crippen MR) is 73.4 cm³/mol. The van der Waals surface area contributed by atoms with Gasteiger partial charge < -0.3 is 5.32 Å². The molecule has 8 heteroatoms. The van der Waals surface area contributed by atoms with Crippen molar-refractivity contribution in [1.29, 1.82) is 0 Å². The quantitative estimate of drug-likeness (QED) is 0.922. The highest BCUT2D eigenvalue weighted by atomic mass is 19.3. The Kier molecular flexibility index (Phi) is 4.35. The Morgan fingerprint density at radius 1 is 1.38 bits per heavy atom. The summed E-state index contributed by atoms with van der Waals surface area (Å²) in [4.78, 5) is 12.2. The normalized spacial score (nSPS) is 11.1. The van der Waals surface area contributed by atoms with E-state index < -0.39 is 18.0 Å². The van der Waals surface area contributed by atoms with Crippen LogP contribution in [0.5, 0.6) is 0 Å². The minimum absolute atomic E-state index is 0.0761. The number of nitrogens with one attached hydrogen (secondary N) is 1. The Balaban J connectivity index is 2.22. The minimum atomic E-state index is -2.70. The van der Waals surface area contributed by atoms with Crippen LogP contribution in [0.15, 0.2) is 12.1 Å². The van der Waals surface area contributed by atoms with Crippen LogP contribution in [0.25, 0.3) is 0 Å². The lowest BCUT2D eigenvalue weighted by atomic mass is 10.3. The second kappa shape index (κ2) is 6.02. The molecule has 2 heterocycles. The summed E-state index contributed by atoms with van der Waals surface area (Å²) in [5.41, 5.74) is 0.435. The van der Waals surface area contributed by atoms with Gasteiger partial charge in [0.2, 0.25) is 0 Å². The summed E-state index contributed by atoms with van der Waals surface area (Å²) >= 11 is 0. The van der Waals surface area contributed by atoms with Crippen molar-refractivity contribution in [2.45, 2.75) is 33.2 Å². The molecule has 0 fully saturated rings. The average Bonchev–Trinajstić information content (AvgIpc) is 2.94. The van der Waals surface area contributed by atoms with Crippen molar-refractivity contribution in [1.82, 2.24) is 19.6 Å². The van der Waals surface area contributed by atoms with Crippen molar-refractivity contribution >= 4 is 11.7 Å². The van der Waals surface area contributed by atoms with E-state index in [4.69, 9.17) is 0 Å². The molecule has 0 aromatic carbocycles. The highest BCUT2D eigenvalue weighted by Crippen LogP contribution is 2.19. The van der Waals surface area contributed by atoms with Crippen molar-refractivity contribution in [3.63, 3.8) is 0 Å². The molecule has 114 valence electrons. The van der Waals surface area contributed by atoms with Gasteiger partial charge in [-0.05, 0) is 19.4 Å². The van der Waals surface area contributed by atoms with Gasteiger partial charge in [-0.15, -0.1) is 0 Å². The molecule has 1 amide bonds. The van der Waals surface area contributed by atoms with E-state index >= 15 is 0 Å². The van der Waals surface area contributed by atoms with Gasteiger partial charge in [0.25, 0.3) is 12.3 Å². The summed E-state index contributed by atoms with van der Waals surface area (Å²) < 4.78 is 28.0.